The van der Waals surface area contributed by atoms with Gasteiger partial charge in [0.1, 0.15) is 5.69 Å². The molecule has 3 aromatic rings. The van der Waals surface area contributed by atoms with Crippen LogP contribution in [0.1, 0.15) is 47.5 Å². The van der Waals surface area contributed by atoms with Crippen LogP contribution in [0, 0.1) is 0 Å². The molecule has 0 saturated carbocycles. The topological polar surface area (TPSA) is 75.2 Å². The van der Waals surface area contributed by atoms with Gasteiger partial charge in [-0.15, -0.1) is 0 Å². The minimum atomic E-state index is -0.299. The van der Waals surface area contributed by atoms with Gasteiger partial charge in [0.05, 0.1) is 11.2 Å². The molecule has 3 rings (SSSR count). The Morgan fingerprint density at radius 2 is 1.71 bits per heavy atom. The summed E-state index contributed by atoms with van der Waals surface area (Å²) >= 11 is 0. The number of pyridine rings is 2. The van der Waals surface area contributed by atoms with Crippen molar-refractivity contribution in [3.63, 3.8) is 0 Å². The first-order chi connectivity index (χ1) is 13.6. The summed E-state index contributed by atoms with van der Waals surface area (Å²) in [5.41, 5.74) is 2.02. The molecule has 0 saturated heterocycles. The Labute approximate surface area is 164 Å². The Bertz CT molecular complexity index is 976. The monoisotopic (exact) mass is 376 g/mol. The maximum Gasteiger partial charge on any atom is 0.272 e. The predicted octanol–water partition coefficient (Wildman–Crippen LogP) is 4.14. The molecule has 1 aromatic carbocycles. The molecular weight excluding hydrogens is 352 g/mol. The van der Waals surface area contributed by atoms with Crippen LogP contribution in [0.25, 0.3) is 10.9 Å². The Hall–Kier alpha value is -3.28. The minimum Gasteiger partial charge on any atom is -0.337 e. The molecule has 1 N–H and O–H groups in total. The second-order valence-electron chi connectivity index (χ2n) is 6.56. The zero-order valence-corrected chi connectivity index (χ0v) is 16.2. The van der Waals surface area contributed by atoms with Crippen LogP contribution in [0.15, 0.2) is 54.9 Å². The average molecular weight is 376 g/mol. The molecular formula is C22H24N4O2. The molecule has 6 nitrogen and oxygen atoms in total. The zero-order valence-electron chi connectivity index (χ0n) is 16.2. The van der Waals surface area contributed by atoms with Crippen LogP contribution in [0.5, 0.6) is 0 Å². The number of nitrogens with one attached hydrogen (secondary N) is 1. The number of carbonyl (C=O) groups excluding carboxylic acids is 2. The van der Waals surface area contributed by atoms with Crippen LogP contribution in [-0.2, 0) is 0 Å². The number of rotatable bonds is 7. The van der Waals surface area contributed by atoms with Crippen molar-refractivity contribution in [2.24, 2.45) is 0 Å². The van der Waals surface area contributed by atoms with Crippen LogP contribution in [0.3, 0.4) is 0 Å². The van der Waals surface area contributed by atoms with Crippen molar-refractivity contribution >= 4 is 28.4 Å². The highest BCUT2D eigenvalue weighted by molar-refractivity contribution is 6.09. The van der Waals surface area contributed by atoms with Gasteiger partial charge in [-0.1, -0.05) is 32.0 Å². The van der Waals surface area contributed by atoms with Crippen molar-refractivity contribution in [3.05, 3.63) is 66.1 Å². The van der Waals surface area contributed by atoms with Gasteiger partial charge in [-0.05, 0) is 37.1 Å². The van der Waals surface area contributed by atoms with E-state index in [4.69, 9.17) is 0 Å². The molecule has 0 radical (unpaired) electrons. The molecule has 0 bridgehead atoms. The molecule has 2 amide bonds. The molecule has 0 spiro atoms. The zero-order chi connectivity index (χ0) is 19.9. The van der Waals surface area contributed by atoms with E-state index in [0.717, 1.165) is 23.7 Å². The quantitative estimate of drug-likeness (QED) is 0.672. The smallest absolute Gasteiger partial charge is 0.272 e. The number of fused-ring (bicyclic) bond motifs is 1. The number of anilines is 1. The Kier molecular flexibility index (Phi) is 6.32. The maximum atomic E-state index is 12.8. The van der Waals surface area contributed by atoms with Crippen molar-refractivity contribution in [1.82, 2.24) is 14.9 Å². The number of nitrogens with zero attached hydrogens (tertiary/aromatic N) is 3. The lowest BCUT2D eigenvalue weighted by Gasteiger charge is -2.21. The van der Waals surface area contributed by atoms with Gasteiger partial charge < -0.3 is 10.2 Å². The number of amides is 2. The molecule has 0 fully saturated rings. The maximum absolute atomic E-state index is 12.8. The molecule has 2 heterocycles. The van der Waals surface area contributed by atoms with Crippen LogP contribution >= 0.6 is 0 Å². The van der Waals surface area contributed by atoms with Crippen molar-refractivity contribution in [3.8, 4) is 0 Å². The summed E-state index contributed by atoms with van der Waals surface area (Å²) < 4.78 is 0. The third-order valence-corrected chi connectivity index (χ3v) is 4.40. The van der Waals surface area contributed by atoms with Crippen molar-refractivity contribution < 1.29 is 9.59 Å². The number of para-hydroxylation sites is 1. The number of carbonyl (C=O) groups is 2. The standard InChI is InChI=1S/C22H24N4O2/c1-3-13-26(14-4-2)22(28)19-15-17(10-12-23-19)21(27)25-18-9-5-7-16-8-6-11-24-20(16)18/h5-12,15H,3-4,13-14H2,1-2H3,(H,25,27). The normalized spacial score (nSPS) is 10.6. The van der Waals surface area contributed by atoms with E-state index in [2.05, 4.69) is 15.3 Å². The van der Waals surface area contributed by atoms with Gasteiger partial charge >= 0.3 is 0 Å². The number of hydrogen-bond donors (Lipinski definition) is 1. The van der Waals surface area contributed by atoms with Gasteiger partial charge in [0, 0.05) is 36.4 Å². The second-order valence-corrected chi connectivity index (χ2v) is 6.56. The Morgan fingerprint density at radius 1 is 0.964 bits per heavy atom. The summed E-state index contributed by atoms with van der Waals surface area (Å²) in [6, 6.07) is 12.6. The third-order valence-electron chi connectivity index (χ3n) is 4.40. The van der Waals surface area contributed by atoms with E-state index in [-0.39, 0.29) is 17.5 Å². The van der Waals surface area contributed by atoms with Crippen molar-refractivity contribution in [2.45, 2.75) is 26.7 Å². The van der Waals surface area contributed by atoms with Crippen LogP contribution in [-0.4, -0.2) is 39.8 Å². The molecule has 2 aromatic heterocycles. The summed E-state index contributed by atoms with van der Waals surface area (Å²) in [5.74, 6) is -0.447. The molecule has 0 aliphatic heterocycles. The minimum absolute atomic E-state index is 0.148. The Balaban J connectivity index is 1.83. The van der Waals surface area contributed by atoms with Crippen molar-refractivity contribution in [2.75, 3.05) is 18.4 Å². The molecule has 28 heavy (non-hydrogen) atoms. The number of benzene rings is 1. The molecule has 0 aliphatic rings. The fourth-order valence-electron chi connectivity index (χ4n) is 3.11. The molecule has 0 aliphatic carbocycles. The van der Waals surface area contributed by atoms with Gasteiger partial charge in [0.15, 0.2) is 0 Å². The highest BCUT2D eigenvalue weighted by Crippen LogP contribution is 2.21. The number of aromatic nitrogens is 2. The van der Waals surface area contributed by atoms with Crippen LogP contribution in [0.4, 0.5) is 5.69 Å². The van der Waals surface area contributed by atoms with Crippen LogP contribution in [0.2, 0.25) is 0 Å². The van der Waals surface area contributed by atoms with E-state index < -0.39 is 0 Å². The lowest BCUT2D eigenvalue weighted by atomic mass is 10.1. The summed E-state index contributed by atoms with van der Waals surface area (Å²) in [6.45, 7) is 5.41. The third kappa shape index (κ3) is 4.34. The lowest BCUT2D eigenvalue weighted by Crippen LogP contribution is -2.33. The number of hydrogen-bond acceptors (Lipinski definition) is 4. The van der Waals surface area contributed by atoms with Crippen LogP contribution < -0.4 is 5.32 Å². The van der Waals surface area contributed by atoms with Gasteiger partial charge in [-0.2, -0.15) is 0 Å². The summed E-state index contributed by atoms with van der Waals surface area (Å²) in [7, 11) is 0. The second kappa shape index (κ2) is 9.08. The van der Waals surface area contributed by atoms with E-state index in [0.29, 0.717) is 24.3 Å². The first-order valence-electron chi connectivity index (χ1n) is 9.54. The fourth-order valence-corrected chi connectivity index (χ4v) is 3.11. The summed E-state index contributed by atoms with van der Waals surface area (Å²) in [4.78, 5) is 35.8. The SMILES string of the molecule is CCCN(CCC)C(=O)c1cc(C(=O)Nc2cccc3cccnc23)ccn1. The fraction of sp³-hybridized carbons (Fsp3) is 0.273. The van der Waals surface area contributed by atoms with Gasteiger partial charge in [0.25, 0.3) is 11.8 Å². The highest BCUT2D eigenvalue weighted by Gasteiger charge is 2.18. The van der Waals surface area contributed by atoms with Gasteiger partial charge in [-0.3, -0.25) is 19.6 Å². The van der Waals surface area contributed by atoms with E-state index in [9.17, 15) is 9.59 Å². The molecule has 6 heteroatoms. The Morgan fingerprint density at radius 3 is 2.46 bits per heavy atom. The van der Waals surface area contributed by atoms with Crippen molar-refractivity contribution in [1.29, 1.82) is 0 Å². The molecule has 0 atom stereocenters. The lowest BCUT2D eigenvalue weighted by molar-refractivity contribution is 0.0749. The summed E-state index contributed by atoms with van der Waals surface area (Å²) in [6.07, 6.45) is 4.94. The summed E-state index contributed by atoms with van der Waals surface area (Å²) in [5, 5.41) is 3.84. The first-order valence-corrected chi connectivity index (χ1v) is 9.54. The highest BCUT2D eigenvalue weighted by atomic mass is 16.2. The largest absolute Gasteiger partial charge is 0.337 e. The first kappa shape index (κ1) is 19.5. The molecule has 144 valence electrons. The van der Waals surface area contributed by atoms with E-state index in [1.54, 1.807) is 23.2 Å². The van der Waals surface area contributed by atoms with E-state index in [1.165, 1.54) is 6.20 Å². The van der Waals surface area contributed by atoms with Gasteiger partial charge in [-0.25, -0.2) is 0 Å². The van der Waals surface area contributed by atoms with Gasteiger partial charge in [0.2, 0.25) is 0 Å². The predicted molar refractivity (Wildman–Crippen MR) is 110 cm³/mol. The molecule has 0 unspecified atom stereocenters. The average Bonchev–Trinajstić information content (AvgIpc) is 2.73. The van der Waals surface area contributed by atoms with E-state index >= 15 is 0 Å². The van der Waals surface area contributed by atoms with E-state index in [1.807, 2.05) is 44.2 Å².